The van der Waals surface area contributed by atoms with Crippen molar-refractivity contribution in [1.82, 2.24) is 25.6 Å². The van der Waals surface area contributed by atoms with Gasteiger partial charge in [0.15, 0.2) is 0 Å². The molecule has 0 aliphatic heterocycles. The first-order chi connectivity index (χ1) is 10.1. The van der Waals surface area contributed by atoms with Gasteiger partial charge in [-0.05, 0) is 0 Å². The van der Waals surface area contributed by atoms with E-state index in [1.54, 1.807) is 6.20 Å². The molecule has 2 heterocycles. The largest absolute Gasteiger partial charge is 0.480 e. The zero-order chi connectivity index (χ0) is 15.1. The molecule has 2 amide bonds. The second kappa shape index (κ2) is 7.39. The molecule has 1 atom stereocenters. The van der Waals surface area contributed by atoms with Crippen LogP contribution in [0.1, 0.15) is 10.7 Å². The number of hydrogen-bond acceptors (Lipinski definition) is 5. The number of imidazole rings is 1. The highest BCUT2D eigenvalue weighted by Gasteiger charge is 2.20. The van der Waals surface area contributed by atoms with Gasteiger partial charge in [-0.1, -0.05) is 0 Å². The zero-order valence-electron chi connectivity index (χ0n) is 11.1. The van der Waals surface area contributed by atoms with E-state index in [9.17, 15) is 9.59 Å². The third-order valence-electron chi connectivity index (χ3n) is 2.69. The van der Waals surface area contributed by atoms with Crippen molar-refractivity contribution in [2.24, 2.45) is 0 Å². The Morgan fingerprint density at radius 3 is 2.95 bits per heavy atom. The van der Waals surface area contributed by atoms with Crippen LogP contribution in [0.25, 0.3) is 0 Å². The predicted octanol–water partition coefficient (Wildman–Crippen LogP) is 0.404. The smallest absolute Gasteiger partial charge is 0.326 e. The molecule has 0 radical (unpaired) electrons. The summed E-state index contributed by atoms with van der Waals surface area (Å²) in [5.41, 5.74) is 0.644. The molecule has 8 nitrogen and oxygen atoms in total. The van der Waals surface area contributed by atoms with E-state index in [1.165, 1.54) is 23.9 Å². The van der Waals surface area contributed by atoms with E-state index in [0.717, 1.165) is 5.01 Å². The monoisotopic (exact) mass is 309 g/mol. The minimum atomic E-state index is -1.10. The summed E-state index contributed by atoms with van der Waals surface area (Å²) in [4.78, 5) is 33.5. The molecular weight excluding hydrogens is 294 g/mol. The molecule has 0 aliphatic rings. The lowest BCUT2D eigenvalue weighted by Crippen LogP contribution is -2.47. The molecule has 9 heteroatoms. The number of thiazole rings is 1. The van der Waals surface area contributed by atoms with Crippen molar-refractivity contribution in [3.05, 3.63) is 34.8 Å². The lowest BCUT2D eigenvalue weighted by atomic mass is 10.2. The van der Waals surface area contributed by atoms with Crippen molar-refractivity contribution in [3.63, 3.8) is 0 Å². The van der Waals surface area contributed by atoms with Crippen LogP contribution in [0.3, 0.4) is 0 Å². The maximum Gasteiger partial charge on any atom is 0.326 e. The Kier molecular flexibility index (Phi) is 5.27. The number of carbonyl (C=O) groups is 2. The number of nitrogens with one attached hydrogen (secondary N) is 3. The van der Waals surface area contributed by atoms with Crippen molar-refractivity contribution < 1.29 is 14.7 Å². The third kappa shape index (κ3) is 4.88. The first kappa shape index (κ1) is 15.0. The van der Waals surface area contributed by atoms with Gasteiger partial charge in [-0.3, -0.25) is 0 Å². The zero-order valence-corrected chi connectivity index (χ0v) is 11.9. The fourth-order valence-corrected chi connectivity index (χ4v) is 2.31. The van der Waals surface area contributed by atoms with Gasteiger partial charge in [0, 0.05) is 42.9 Å². The maximum atomic E-state index is 11.7. The molecule has 21 heavy (non-hydrogen) atoms. The van der Waals surface area contributed by atoms with Crippen molar-refractivity contribution in [1.29, 1.82) is 0 Å². The van der Waals surface area contributed by atoms with E-state index in [1.807, 2.05) is 5.38 Å². The molecule has 0 spiro atoms. The number of urea groups is 1. The van der Waals surface area contributed by atoms with E-state index < -0.39 is 18.0 Å². The number of carbonyl (C=O) groups excluding carboxylic acids is 1. The summed E-state index contributed by atoms with van der Waals surface area (Å²) in [5, 5.41) is 16.9. The number of nitrogens with zero attached hydrogens (tertiary/aromatic N) is 2. The quantitative estimate of drug-likeness (QED) is 0.590. The topological polar surface area (TPSA) is 120 Å². The Balaban J connectivity index is 1.76. The Morgan fingerprint density at radius 1 is 1.48 bits per heavy atom. The van der Waals surface area contributed by atoms with Gasteiger partial charge in [0.2, 0.25) is 0 Å². The van der Waals surface area contributed by atoms with Gasteiger partial charge in [-0.2, -0.15) is 0 Å². The summed E-state index contributed by atoms with van der Waals surface area (Å²) in [6, 6.07) is -1.52. The first-order valence-corrected chi connectivity index (χ1v) is 7.16. The number of aromatic nitrogens is 3. The number of aromatic amines is 1. The van der Waals surface area contributed by atoms with Crippen molar-refractivity contribution >= 4 is 23.3 Å². The molecule has 0 saturated heterocycles. The number of rotatable bonds is 7. The average molecular weight is 309 g/mol. The number of aliphatic carboxylic acids is 1. The fourth-order valence-electron chi connectivity index (χ4n) is 1.68. The van der Waals surface area contributed by atoms with Crippen LogP contribution in [-0.4, -0.2) is 44.6 Å². The van der Waals surface area contributed by atoms with E-state index in [4.69, 9.17) is 5.11 Å². The van der Waals surface area contributed by atoms with Crippen LogP contribution in [0.5, 0.6) is 0 Å². The number of hydrogen-bond donors (Lipinski definition) is 4. The van der Waals surface area contributed by atoms with Gasteiger partial charge in [-0.25, -0.2) is 19.6 Å². The molecule has 0 aromatic carbocycles. The standard InChI is InChI=1S/C12H15N5O3S/c18-11(19)9(5-8-6-13-7-16-8)17-12(20)15-2-1-10-14-3-4-21-10/h3-4,6-7,9H,1-2,5H2,(H,13,16)(H,18,19)(H2,15,17,20)/t9-/m0/s1. The molecule has 0 saturated carbocycles. The molecule has 2 aromatic heterocycles. The van der Waals surface area contributed by atoms with Gasteiger partial charge >= 0.3 is 12.0 Å². The predicted molar refractivity (Wildman–Crippen MR) is 76.1 cm³/mol. The Bertz CT molecular complexity index is 570. The SMILES string of the molecule is O=C(NCCc1nccs1)N[C@@H](Cc1cnc[nH]1)C(=O)O. The highest BCUT2D eigenvalue weighted by atomic mass is 32.1. The molecule has 0 fully saturated rings. The molecular formula is C12H15N5O3S. The van der Waals surface area contributed by atoms with Gasteiger partial charge in [-0.15, -0.1) is 11.3 Å². The van der Waals surface area contributed by atoms with Crippen LogP contribution >= 0.6 is 11.3 Å². The van der Waals surface area contributed by atoms with E-state index in [2.05, 4.69) is 25.6 Å². The third-order valence-corrected chi connectivity index (χ3v) is 3.53. The fraction of sp³-hybridized carbons (Fsp3) is 0.333. The summed E-state index contributed by atoms with van der Waals surface area (Å²) >= 11 is 1.51. The maximum absolute atomic E-state index is 11.7. The number of carboxylic acid groups (broad SMARTS) is 1. The Hall–Kier alpha value is -2.42. The van der Waals surface area contributed by atoms with Crippen molar-refractivity contribution in [3.8, 4) is 0 Å². The number of carboxylic acids is 1. The van der Waals surface area contributed by atoms with Gasteiger partial charge in [0.05, 0.1) is 11.3 Å². The summed E-state index contributed by atoms with van der Waals surface area (Å²) < 4.78 is 0. The van der Waals surface area contributed by atoms with E-state index in [-0.39, 0.29) is 6.42 Å². The normalized spacial score (nSPS) is 11.8. The number of H-pyrrole nitrogens is 1. The lowest BCUT2D eigenvalue weighted by Gasteiger charge is -2.14. The summed E-state index contributed by atoms with van der Waals surface area (Å²) in [6.45, 7) is 0.399. The highest BCUT2D eigenvalue weighted by molar-refractivity contribution is 7.09. The molecule has 2 aromatic rings. The van der Waals surface area contributed by atoms with Crippen LogP contribution in [0, 0.1) is 0 Å². The number of amides is 2. The van der Waals surface area contributed by atoms with Gasteiger partial charge < -0.3 is 20.7 Å². The van der Waals surface area contributed by atoms with E-state index in [0.29, 0.717) is 18.7 Å². The van der Waals surface area contributed by atoms with Crippen LogP contribution in [0.15, 0.2) is 24.1 Å². The molecule has 2 rings (SSSR count). The van der Waals surface area contributed by atoms with E-state index >= 15 is 0 Å². The summed E-state index contributed by atoms with van der Waals surface area (Å²) in [6.07, 6.45) is 5.45. The minimum absolute atomic E-state index is 0.148. The van der Waals surface area contributed by atoms with Crippen LogP contribution in [0.2, 0.25) is 0 Å². The van der Waals surface area contributed by atoms with Crippen molar-refractivity contribution in [2.45, 2.75) is 18.9 Å². The molecule has 4 N–H and O–H groups in total. The van der Waals surface area contributed by atoms with Gasteiger partial charge in [0.1, 0.15) is 6.04 Å². The molecule has 0 unspecified atom stereocenters. The van der Waals surface area contributed by atoms with Crippen LogP contribution in [-0.2, 0) is 17.6 Å². The molecule has 0 aliphatic carbocycles. The average Bonchev–Trinajstić information content (AvgIpc) is 3.10. The summed E-state index contributed by atoms with van der Waals surface area (Å²) in [7, 11) is 0. The molecule has 0 bridgehead atoms. The van der Waals surface area contributed by atoms with Crippen molar-refractivity contribution in [2.75, 3.05) is 6.54 Å². The highest BCUT2D eigenvalue weighted by Crippen LogP contribution is 2.03. The Morgan fingerprint density at radius 2 is 2.33 bits per heavy atom. The minimum Gasteiger partial charge on any atom is -0.480 e. The molecule has 112 valence electrons. The van der Waals surface area contributed by atoms with Crippen LogP contribution in [0.4, 0.5) is 4.79 Å². The van der Waals surface area contributed by atoms with Crippen LogP contribution < -0.4 is 10.6 Å². The van der Waals surface area contributed by atoms with Gasteiger partial charge in [0.25, 0.3) is 0 Å². The first-order valence-electron chi connectivity index (χ1n) is 6.28. The second-order valence-electron chi connectivity index (χ2n) is 4.25. The summed E-state index contributed by atoms with van der Waals surface area (Å²) in [5.74, 6) is -1.10. The lowest BCUT2D eigenvalue weighted by molar-refractivity contribution is -0.139. The second-order valence-corrected chi connectivity index (χ2v) is 5.23. The Labute approximate surface area is 124 Å².